The summed E-state index contributed by atoms with van der Waals surface area (Å²) in [5.74, 6) is 0.278. The highest BCUT2D eigenvalue weighted by molar-refractivity contribution is 6.16. The lowest BCUT2D eigenvalue weighted by molar-refractivity contribution is -0.118. The zero-order chi connectivity index (χ0) is 18.9. The highest BCUT2D eigenvalue weighted by atomic mass is 16.1. The SMILES string of the molecule is O=C1CCc2cc(C3=C(c4ccncc4)N=C(c4ccccc4)C3)cnc2C1. The van der Waals surface area contributed by atoms with E-state index in [9.17, 15) is 4.79 Å². The lowest BCUT2D eigenvalue weighted by Gasteiger charge is -2.16. The smallest absolute Gasteiger partial charge is 0.139 e. The number of fused-ring (bicyclic) bond motifs is 1. The molecular formula is C24H19N3O. The molecule has 2 aromatic heterocycles. The van der Waals surface area contributed by atoms with E-state index in [0.29, 0.717) is 12.8 Å². The van der Waals surface area contributed by atoms with Crippen LogP contribution >= 0.6 is 0 Å². The molecule has 3 aromatic rings. The van der Waals surface area contributed by atoms with Gasteiger partial charge in [-0.1, -0.05) is 30.3 Å². The van der Waals surface area contributed by atoms with Crippen molar-refractivity contribution in [3.8, 4) is 0 Å². The first-order valence-corrected chi connectivity index (χ1v) is 9.54. The summed E-state index contributed by atoms with van der Waals surface area (Å²) in [6.07, 6.45) is 8.11. The van der Waals surface area contributed by atoms with Crippen molar-refractivity contribution >= 4 is 22.8 Å². The minimum absolute atomic E-state index is 0.278. The van der Waals surface area contributed by atoms with E-state index in [0.717, 1.165) is 46.6 Å². The lowest BCUT2D eigenvalue weighted by Crippen LogP contribution is -2.15. The Morgan fingerprint density at radius 1 is 0.821 bits per heavy atom. The first-order chi connectivity index (χ1) is 13.8. The van der Waals surface area contributed by atoms with Gasteiger partial charge >= 0.3 is 0 Å². The molecule has 0 radical (unpaired) electrons. The number of hydrogen-bond donors (Lipinski definition) is 0. The summed E-state index contributed by atoms with van der Waals surface area (Å²) in [7, 11) is 0. The number of aryl methyl sites for hydroxylation is 1. The van der Waals surface area contributed by atoms with Crippen LogP contribution in [0.4, 0.5) is 0 Å². The Hall–Kier alpha value is -3.40. The van der Waals surface area contributed by atoms with E-state index < -0.39 is 0 Å². The summed E-state index contributed by atoms with van der Waals surface area (Å²) < 4.78 is 0. The maximum Gasteiger partial charge on any atom is 0.139 e. The van der Waals surface area contributed by atoms with Crippen molar-refractivity contribution in [2.75, 3.05) is 0 Å². The molecule has 1 aromatic carbocycles. The van der Waals surface area contributed by atoms with Gasteiger partial charge in [-0.2, -0.15) is 0 Å². The Morgan fingerprint density at radius 3 is 2.46 bits per heavy atom. The zero-order valence-electron chi connectivity index (χ0n) is 15.4. The molecule has 0 saturated carbocycles. The van der Waals surface area contributed by atoms with Gasteiger partial charge < -0.3 is 0 Å². The number of hydrogen-bond acceptors (Lipinski definition) is 4. The molecule has 4 heteroatoms. The summed E-state index contributed by atoms with van der Waals surface area (Å²) in [5.41, 5.74) is 8.63. The van der Waals surface area contributed by atoms with Crippen molar-refractivity contribution in [1.82, 2.24) is 9.97 Å². The van der Waals surface area contributed by atoms with Crippen LogP contribution in [-0.4, -0.2) is 21.5 Å². The molecule has 0 fully saturated rings. The highest BCUT2D eigenvalue weighted by Gasteiger charge is 2.24. The lowest BCUT2D eigenvalue weighted by atomic mass is 9.91. The van der Waals surface area contributed by atoms with E-state index in [4.69, 9.17) is 4.99 Å². The van der Waals surface area contributed by atoms with Gasteiger partial charge in [0.05, 0.1) is 17.1 Å². The number of Topliss-reactive ketones (excluding diaryl/α,β-unsaturated/α-hetero) is 1. The Labute approximate surface area is 163 Å². The van der Waals surface area contributed by atoms with Crippen LogP contribution in [0.3, 0.4) is 0 Å². The number of allylic oxidation sites excluding steroid dienone is 1. The van der Waals surface area contributed by atoms with Crippen LogP contribution in [0.2, 0.25) is 0 Å². The fourth-order valence-electron chi connectivity index (χ4n) is 3.91. The van der Waals surface area contributed by atoms with Crippen LogP contribution in [0.25, 0.3) is 11.3 Å². The van der Waals surface area contributed by atoms with Crippen molar-refractivity contribution in [2.24, 2.45) is 4.99 Å². The molecule has 0 bridgehead atoms. The average molecular weight is 365 g/mol. The van der Waals surface area contributed by atoms with Crippen molar-refractivity contribution in [3.63, 3.8) is 0 Å². The number of benzene rings is 1. The van der Waals surface area contributed by atoms with Gasteiger partial charge in [0, 0.05) is 43.4 Å². The summed E-state index contributed by atoms with van der Waals surface area (Å²) in [4.78, 5) is 25.5. The fraction of sp³-hybridized carbons (Fsp3) is 0.167. The minimum atomic E-state index is 0.278. The third-order valence-electron chi connectivity index (χ3n) is 5.38. The zero-order valence-corrected chi connectivity index (χ0v) is 15.4. The number of pyridine rings is 2. The number of carbonyl (C=O) groups excluding carboxylic acids is 1. The summed E-state index contributed by atoms with van der Waals surface area (Å²) in [5, 5.41) is 0. The highest BCUT2D eigenvalue weighted by Crippen LogP contribution is 2.37. The van der Waals surface area contributed by atoms with E-state index >= 15 is 0 Å². The van der Waals surface area contributed by atoms with Gasteiger partial charge in [-0.3, -0.25) is 19.8 Å². The summed E-state index contributed by atoms with van der Waals surface area (Å²) in [6.45, 7) is 0. The van der Waals surface area contributed by atoms with Gasteiger partial charge in [0.1, 0.15) is 5.78 Å². The van der Waals surface area contributed by atoms with Crippen molar-refractivity contribution < 1.29 is 4.79 Å². The number of carbonyl (C=O) groups is 1. The fourth-order valence-corrected chi connectivity index (χ4v) is 3.91. The van der Waals surface area contributed by atoms with Crippen LogP contribution in [0.1, 0.15) is 40.8 Å². The Kier molecular flexibility index (Phi) is 4.17. The molecule has 0 amide bonds. The Bertz CT molecular complexity index is 1120. The molecule has 0 saturated heterocycles. The summed E-state index contributed by atoms with van der Waals surface area (Å²) in [6, 6.07) is 16.5. The second-order valence-corrected chi connectivity index (χ2v) is 7.21. The molecule has 0 unspecified atom stereocenters. The number of aromatic nitrogens is 2. The van der Waals surface area contributed by atoms with Crippen LogP contribution in [-0.2, 0) is 17.6 Å². The third kappa shape index (κ3) is 3.07. The molecule has 0 spiro atoms. The van der Waals surface area contributed by atoms with E-state index in [2.05, 4.69) is 28.2 Å². The molecule has 3 heterocycles. The van der Waals surface area contributed by atoms with Crippen LogP contribution in [0.5, 0.6) is 0 Å². The number of aliphatic imine (C=N–C) groups is 1. The molecule has 1 aliphatic heterocycles. The van der Waals surface area contributed by atoms with Crippen LogP contribution < -0.4 is 0 Å². The molecule has 28 heavy (non-hydrogen) atoms. The maximum atomic E-state index is 11.7. The van der Waals surface area contributed by atoms with E-state index in [-0.39, 0.29) is 5.78 Å². The van der Waals surface area contributed by atoms with Gasteiger partial charge in [-0.15, -0.1) is 0 Å². The Balaban J connectivity index is 1.59. The van der Waals surface area contributed by atoms with Gasteiger partial charge in [-0.05, 0) is 46.9 Å². The van der Waals surface area contributed by atoms with Gasteiger partial charge in [0.2, 0.25) is 0 Å². The van der Waals surface area contributed by atoms with Crippen molar-refractivity contribution in [2.45, 2.75) is 25.7 Å². The standard InChI is InChI=1S/C24H19N3O/c28-20-7-6-18-12-19(15-26-22(18)13-20)21-14-23(16-4-2-1-3-5-16)27-24(21)17-8-10-25-11-9-17/h1-5,8-12,15H,6-7,13-14H2. The molecule has 0 atom stereocenters. The topological polar surface area (TPSA) is 55.2 Å². The Morgan fingerprint density at radius 2 is 1.64 bits per heavy atom. The quantitative estimate of drug-likeness (QED) is 0.695. The maximum absolute atomic E-state index is 11.7. The van der Waals surface area contributed by atoms with Crippen molar-refractivity contribution in [3.05, 3.63) is 95.1 Å². The largest absolute Gasteiger partial charge is 0.299 e. The average Bonchev–Trinajstić information content (AvgIpc) is 3.20. The molecule has 4 nitrogen and oxygen atoms in total. The third-order valence-corrected chi connectivity index (χ3v) is 5.38. The predicted octanol–water partition coefficient (Wildman–Crippen LogP) is 4.30. The monoisotopic (exact) mass is 365 g/mol. The second-order valence-electron chi connectivity index (χ2n) is 7.21. The number of rotatable bonds is 3. The van der Waals surface area contributed by atoms with E-state index in [1.807, 2.05) is 36.5 Å². The van der Waals surface area contributed by atoms with Crippen molar-refractivity contribution in [1.29, 1.82) is 0 Å². The molecule has 136 valence electrons. The molecular weight excluding hydrogens is 346 g/mol. The number of ketones is 1. The van der Waals surface area contributed by atoms with Gasteiger partial charge in [0.15, 0.2) is 0 Å². The van der Waals surface area contributed by atoms with Crippen LogP contribution in [0.15, 0.2) is 72.1 Å². The van der Waals surface area contributed by atoms with E-state index in [1.165, 1.54) is 11.1 Å². The van der Waals surface area contributed by atoms with Gasteiger partial charge in [-0.25, -0.2) is 0 Å². The molecule has 5 rings (SSSR count). The second kappa shape index (κ2) is 6.97. The van der Waals surface area contributed by atoms with E-state index in [1.54, 1.807) is 12.4 Å². The molecule has 2 aliphatic rings. The van der Waals surface area contributed by atoms with Gasteiger partial charge in [0.25, 0.3) is 0 Å². The predicted molar refractivity (Wildman–Crippen MR) is 110 cm³/mol. The minimum Gasteiger partial charge on any atom is -0.299 e. The number of nitrogens with zero attached hydrogens (tertiary/aromatic N) is 3. The summed E-state index contributed by atoms with van der Waals surface area (Å²) >= 11 is 0. The first kappa shape index (κ1) is 16.8. The first-order valence-electron chi connectivity index (χ1n) is 9.54. The molecule has 0 N–H and O–H groups in total. The normalized spacial score (nSPS) is 16.1. The van der Waals surface area contributed by atoms with Crippen LogP contribution in [0, 0.1) is 0 Å². The molecule has 1 aliphatic carbocycles.